The Kier molecular flexibility index (Phi) is 4.53. The number of benzene rings is 1. The van der Waals surface area contributed by atoms with Gasteiger partial charge in [0.2, 0.25) is 0 Å². The Morgan fingerprint density at radius 3 is 2.65 bits per heavy atom. The monoisotopic (exact) mass is 350 g/mol. The Balaban J connectivity index is 1.64. The third kappa shape index (κ3) is 2.92. The highest BCUT2D eigenvalue weighted by molar-refractivity contribution is 5.94. The smallest absolute Gasteiger partial charge is 0.255 e. The van der Waals surface area contributed by atoms with Crippen LogP contribution >= 0.6 is 0 Å². The van der Waals surface area contributed by atoms with E-state index in [2.05, 4.69) is 4.98 Å². The molecule has 0 unspecified atom stereocenters. The third-order valence-corrected chi connectivity index (χ3v) is 6.17. The topological polar surface area (TPSA) is 53.4 Å². The van der Waals surface area contributed by atoms with Crippen LogP contribution < -0.4 is 0 Å². The molecule has 0 spiro atoms. The highest BCUT2D eigenvalue weighted by Crippen LogP contribution is 2.47. The number of carbonyl (C=O) groups excluding carboxylic acids is 1. The third-order valence-electron chi connectivity index (χ3n) is 6.17. The largest absolute Gasteiger partial charge is 0.385 e. The van der Waals surface area contributed by atoms with Crippen molar-refractivity contribution in [1.82, 2.24) is 9.88 Å². The second-order valence-electron chi connectivity index (χ2n) is 7.69. The Hall–Kier alpha value is -2.20. The molecule has 1 aliphatic heterocycles. The van der Waals surface area contributed by atoms with Gasteiger partial charge in [-0.05, 0) is 43.9 Å². The predicted octanol–water partition coefficient (Wildman–Crippen LogP) is 3.68. The molecular formula is C22H26N2O2. The molecule has 1 aliphatic carbocycles. The molecule has 2 fully saturated rings. The van der Waals surface area contributed by atoms with Gasteiger partial charge in [0.05, 0.1) is 11.2 Å². The number of rotatable bonds is 2. The summed E-state index contributed by atoms with van der Waals surface area (Å²) in [5, 5.41) is 11.6. The second-order valence-corrected chi connectivity index (χ2v) is 7.69. The van der Waals surface area contributed by atoms with E-state index in [0.29, 0.717) is 18.5 Å². The molecule has 1 saturated carbocycles. The molecule has 2 aromatic rings. The van der Waals surface area contributed by atoms with Crippen LogP contribution in [0.1, 0.15) is 53.7 Å². The molecule has 136 valence electrons. The van der Waals surface area contributed by atoms with E-state index in [9.17, 15) is 9.90 Å². The van der Waals surface area contributed by atoms with Crippen molar-refractivity contribution in [2.24, 2.45) is 5.92 Å². The van der Waals surface area contributed by atoms with Crippen LogP contribution in [-0.2, 0) is 5.60 Å². The number of aromatic nitrogens is 1. The fourth-order valence-corrected chi connectivity index (χ4v) is 4.78. The van der Waals surface area contributed by atoms with Gasteiger partial charge in [0, 0.05) is 30.4 Å². The Morgan fingerprint density at radius 1 is 1.15 bits per heavy atom. The minimum absolute atomic E-state index is 0.0458. The van der Waals surface area contributed by atoms with Crippen molar-refractivity contribution in [1.29, 1.82) is 0 Å². The minimum atomic E-state index is -0.839. The van der Waals surface area contributed by atoms with E-state index in [4.69, 9.17) is 0 Å². The molecule has 0 bridgehead atoms. The molecule has 1 aromatic heterocycles. The molecule has 1 amide bonds. The van der Waals surface area contributed by atoms with Gasteiger partial charge in [-0.3, -0.25) is 9.78 Å². The lowest BCUT2D eigenvalue weighted by atomic mass is 9.66. The van der Waals surface area contributed by atoms with Gasteiger partial charge in [-0.2, -0.15) is 0 Å². The van der Waals surface area contributed by atoms with E-state index in [1.165, 1.54) is 0 Å². The van der Waals surface area contributed by atoms with Crippen LogP contribution in [0.15, 0.2) is 48.7 Å². The normalized spacial score (nSPS) is 28.5. The van der Waals surface area contributed by atoms with Crippen molar-refractivity contribution in [3.05, 3.63) is 65.5 Å². The average Bonchev–Trinajstić information content (AvgIpc) is 2.69. The van der Waals surface area contributed by atoms with Crippen LogP contribution in [0.3, 0.4) is 0 Å². The predicted molar refractivity (Wildman–Crippen MR) is 101 cm³/mol. The summed E-state index contributed by atoms with van der Waals surface area (Å²) in [6.07, 6.45) is 6.42. The molecule has 1 aromatic carbocycles. The van der Waals surface area contributed by atoms with Crippen LogP contribution in [-0.4, -0.2) is 33.5 Å². The first-order valence-corrected chi connectivity index (χ1v) is 9.61. The molecule has 26 heavy (non-hydrogen) atoms. The number of pyridine rings is 1. The van der Waals surface area contributed by atoms with Crippen LogP contribution in [0.4, 0.5) is 0 Å². The number of nitrogens with zero attached hydrogens (tertiary/aromatic N) is 2. The lowest BCUT2D eigenvalue weighted by Gasteiger charge is -2.52. The fraction of sp³-hybridized carbons (Fsp3) is 0.455. The second kappa shape index (κ2) is 6.84. The Labute approximate surface area is 154 Å². The van der Waals surface area contributed by atoms with Crippen molar-refractivity contribution in [3.8, 4) is 0 Å². The molecule has 0 radical (unpaired) electrons. The number of carbonyl (C=O) groups is 1. The van der Waals surface area contributed by atoms with Crippen molar-refractivity contribution in [3.63, 3.8) is 0 Å². The summed E-state index contributed by atoms with van der Waals surface area (Å²) < 4.78 is 0. The summed E-state index contributed by atoms with van der Waals surface area (Å²) in [6, 6.07) is 13.8. The zero-order valence-corrected chi connectivity index (χ0v) is 15.3. The molecular weight excluding hydrogens is 324 g/mol. The summed E-state index contributed by atoms with van der Waals surface area (Å²) in [4.78, 5) is 19.4. The van der Waals surface area contributed by atoms with Gasteiger partial charge in [-0.25, -0.2) is 0 Å². The van der Waals surface area contributed by atoms with E-state index in [1.807, 2.05) is 54.3 Å². The van der Waals surface area contributed by atoms with E-state index >= 15 is 0 Å². The van der Waals surface area contributed by atoms with Crippen molar-refractivity contribution < 1.29 is 9.90 Å². The molecule has 4 nitrogen and oxygen atoms in total. The number of fused-ring (bicyclic) bond motifs is 1. The Morgan fingerprint density at radius 2 is 1.92 bits per heavy atom. The first kappa shape index (κ1) is 17.2. The summed E-state index contributed by atoms with van der Waals surface area (Å²) in [5.74, 6) is 0.138. The van der Waals surface area contributed by atoms with E-state index in [0.717, 1.165) is 36.9 Å². The van der Waals surface area contributed by atoms with Gasteiger partial charge in [0.15, 0.2) is 0 Å². The first-order valence-electron chi connectivity index (χ1n) is 9.61. The van der Waals surface area contributed by atoms with E-state index in [-0.39, 0.29) is 17.9 Å². The summed E-state index contributed by atoms with van der Waals surface area (Å²) in [7, 11) is 0. The van der Waals surface area contributed by atoms with E-state index in [1.54, 1.807) is 6.20 Å². The Bertz CT molecular complexity index is 774. The van der Waals surface area contributed by atoms with E-state index < -0.39 is 5.60 Å². The van der Waals surface area contributed by atoms with Gasteiger partial charge in [-0.1, -0.05) is 43.2 Å². The zero-order chi connectivity index (χ0) is 18.1. The van der Waals surface area contributed by atoms with Crippen molar-refractivity contribution in [2.45, 2.75) is 50.7 Å². The van der Waals surface area contributed by atoms with Gasteiger partial charge < -0.3 is 10.0 Å². The maximum Gasteiger partial charge on any atom is 0.255 e. The van der Waals surface area contributed by atoms with Crippen LogP contribution in [0.2, 0.25) is 0 Å². The molecule has 1 N–H and O–H groups in total. The summed E-state index contributed by atoms with van der Waals surface area (Å²) >= 11 is 0. The lowest BCUT2D eigenvalue weighted by molar-refractivity contribution is -0.110. The van der Waals surface area contributed by atoms with Crippen LogP contribution in [0.25, 0.3) is 0 Å². The van der Waals surface area contributed by atoms with Crippen LogP contribution in [0, 0.1) is 12.8 Å². The molecule has 1 saturated heterocycles. The standard InChI is InChI=1S/C22H26N2O2/c1-16-11-12-17(15-23-16)21(25)24-14-13-22(26,18-7-3-2-4-8-18)19-9-5-6-10-20(19)24/h2-4,7-8,11-12,15,19-20,26H,5-6,9-10,13-14H2,1H3/t19-,20+,22-/m0/s1. The number of piperidine rings is 1. The average molecular weight is 350 g/mol. The van der Waals surface area contributed by atoms with Crippen molar-refractivity contribution in [2.75, 3.05) is 6.54 Å². The number of hydrogen-bond donors (Lipinski definition) is 1. The molecule has 2 aliphatic rings. The van der Waals surface area contributed by atoms with Crippen molar-refractivity contribution >= 4 is 5.91 Å². The lowest BCUT2D eigenvalue weighted by Crippen LogP contribution is -2.59. The molecule has 2 heterocycles. The minimum Gasteiger partial charge on any atom is -0.385 e. The zero-order valence-electron chi connectivity index (χ0n) is 15.3. The molecule has 3 atom stereocenters. The number of amides is 1. The summed E-state index contributed by atoms with van der Waals surface area (Å²) in [6.45, 7) is 2.51. The number of aliphatic hydroxyl groups is 1. The number of hydrogen-bond acceptors (Lipinski definition) is 3. The number of likely N-dealkylation sites (tertiary alicyclic amines) is 1. The maximum absolute atomic E-state index is 13.1. The summed E-state index contributed by atoms with van der Waals surface area (Å²) in [5.41, 5.74) is 1.70. The molecule has 4 rings (SSSR count). The highest BCUT2D eigenvalue weighted by atomic mass is 16.3. The first-order chi connectivity index (χ1) is 12.6. The van der Waals surface area contributed by atoms with Gasteiger partial charge in [-0.15, -0.1) is 0 Å². The van der Waals surface area contributed by atoms with Gasteiger partial charge in [0.1, 0.15) is 0 Å². The SMILES string of the molecule is Cc1ccc(C(=O)N2CC[C@](O)(c3ccccc3)[C@H]3CCCC[C@H]32)cn1. The quantitative estimate of drug-likeness (QED) is 0.899. The highest BCUT2D eigenvalue weighted by Gasteiger charge is 2.50. The fourth-order valence-electron chi connectivity index (χ4n) is 4.78. The maximum atomic E-state index is 13.1. The molecule has 4 heteroatoms. The van der Waals surface area contributed by atoms with Gasteiger partial charge >= 0.3 is 0 Å². The van der Waals surface area contributed by atoms with Crippen LogP contribution in [0.5, 0.6) is 0 Å². The number of aryl methyl sites for hydroxylation is 1. The van der Waals surface area contributed by atoms with Gasteiger partial charge in [0.25, 0.3) is 5.91 Å².